The monoisotopic (exact) mass is 259 g/mol. The lowest BCUT2D eigenvalue weighted by Gasteiger charge is -2.26. The van der Waals surface area contributed by atoms with Gasteiger partial charge >= 0.3 is 0 Å². The van der Waals surface area contributed by atoms with Crippen molar-refractivity contribution < 1.29 is 4.57 Å². The molecule has 0 bridgehead atoms. The molecule has 15 heavy (non-hydrogen) atoms. The second-order valence-corrected chi connectivity index (χ2v) is 6.72. The molecule has 1 unspecified atom stereocenters. The summed E-state index contributed by atoms with van der Waals surface area (Å²) in [6, 6.07) is 9.29. The minimum absolute atomic E-state index is 0.403. The van der Waals surface area contributed by atoms with Crippen molar-refractivity contribution in [1.82, 2.24) is 0 Å². The zero-order valence-corrected chi connectivity index (χ0v) is 10.1. The van der Waals surface area contributed by atoms with Gasteiger partial charge in [0.2, 0.25) is 0 Å². The molecule has 0 saturated carbocycles. The van der Waals surface area contributed by atoms with E-state index in [1.54, 1.807) is 12.3 Å². The molecule has 5 heteroatoms. The van der Waals surface area contributed by atoms with E-state index in [1.807, 2.05) is 30.3 Å². The van der Waals surface area contributed by atoms with Crippen molar-refractivity contribution in [3.05, 3.63) is 53.5 Å². The first-order valence-corrected chi connectivity index (χ1v) is 7.31. The van der Waals surface area contributed by atoms with Gasteiger partial charge < -0.3 is 0 Å². The second kappa shape index (κ2) is 4.05. The predicted molar refractivity (Wildman–Crippen MR) is 65.5 cm³/mol. The van der Waals surface area contributed by atoms with Crippen LogP contribution in [0.15, 0.2) is 53.5 Å². The maximum Gasteiger partial charge on any atom is 0.285 e. The highest BCUT2D eigenvalue weighted by atomic mass is 35.7. The number of nitrogens with zero attached hydrogens (tertiary/aromatic N) is 1. The molecule has 0 saturated heterocycles. The van der Waals surface area contributed by atoms with E-state index in [1.165, 1.54) is 10.5 Å². The van der Waals surface area contributed by atoms with Crippen molar-refractivity contribution in [1.29, 1.82) is 0 Å². The summed E-state index contributed by atoms with van der Waals surface area (Å²) in [6.07, 6.45) is 3.29. The lowest BCUT2D eigenvalue weighted by molar-refractivity contribution is 0.589. The van der Waals surface area contributed by atoms with Crippen molar-refractivity contribution >= 4 is 35.2 Å². The van der Waals surface area contributed by atoms with Crippen molar-refractivity contribution in [2.75, 3.05) is 4.67 Å². The van der Waals surface area contributed by atoms with Crippen LogP contribution in [0.25, 0.3) is 0 Å². The van der Waals surface area contributed by atoms with Gasteiger partial charge in [0.15, 0.2) is 0 Å². The first-order valence-electron chi connectivity index (χ1n) is 4.30. The summed E-state index contributed by atoms with van der Waals surface area (Å²) >= 11 is 11.7. The molecular formula is C10H8Cl2NOP. The Labute approximate surface area is 98.0 Å². The van der Waals surface area contributed by atoms with Crippen molar-refractivity contribution in [3.8, 4) is 0 Å². The lowest BCUT2D eigenvalue weighted by Crippen LogP contribution is -2.10. The van der Waals surface area contributed by atoms with E-state index in [0.29, 0.717) is 5.03 Å². The number of hydrogen-bond acceptors (Lipinski definition) is 1. The molecule has 2 nitrogen and oxygen atoms in total. The van der Waals surface area contributed by atoms with E-state index >= 15 is 0 Å². The molecule has 0 spiro atoms. The van der Waals surface area contributed by atoms with Crippen LogP contribution in [0.2, 0.25) is 0 Å². The fourth-order valence-electron chi connectivity index (χ4n) is 1.31. The highest BCUT2D eigenvalue weighted by molar-refractivity contribution is 7.93. The molecule has 1 atom stereocenters. The molecule has 1 aromatic rings. The smallest absolute Gasteiger partial charge is 0.283 e. The van der Waals surface area contributed by atoms with Gasteiger partial charge in [-0.1, -0.05) is 29.8 Å². The first-order chi connectivity index (χ1) is 7.09. The van der Waals surface area contributed by atoms with E-state index in [2.05, 4.69) is 0 Å². The fraction of sp³-hybridized carbons (Fsp3) is 0. The Kier molecular flexibility index (Phi) is 2.92. The third-order valence-corrected chi connectivity index (χ3v) is 4.69. The topological polar surface area (TPSA) is 20.3 Å². The van der Waals surface area contributed by atoms with Crippen LogP contribution >= 0.6 is 29.5 Å². The minimum Gasteiger partial charge on any atom is -0.283 e. The van der Waals surface area contributed by atoms with Crippen LogP contribution < -0.4 is 4.67 Å². The molecule has 2 rings (SSSR count). The van der Waals surface area contributed by atoms with Crippen LogP contribution in [0.1, 0.15) is 0 Å². The molecule has 1 aliphatic rings. The zero-order valence-electron chi connectivity index (χ0n) is 7.68. The predicted octanol–water partition coefficient (Wildman–Crippen LogP) is 4.53. The van der Waals surface area contributed by atoms with E-state index < -0.39 is 6.65 Å². The highest BCUT2D eigenvalue weighted by Gasteiger charge is 2.27. The van der Waals surface area contributed by atoms with Gasteiger partial charge in [-0.25, -0.2) is 0 Å². The Morgan fingerprint density at radius 3 is 2.47 bits per heavy atom. The van der Waals surface area contributed by atoms with Gasteiger partial charge in [0.05, 0.1) is 0 Å². The third kappa shape index (κ3) is 2.28. The van der Waals surface area contributed by atoms with Gasteiger partial charge in [0.25, 0.3) is 6.65 Å². The van der Waals surface area contributed by atoms with Crippen LogP contribution in [0.4, 0.5) is 5.69 Å². The van der Waals surface area contributed by atoms with Gasteiger partial charge in [-0.05, 0) is 29.4 Å². The van der Waals surface area contributed by atoms with Gasteiger partial charge in [-0.15, -0.1) is 0 Å². The number of para-hydroxylation sites is 1. The van der Waals surface area contributed by atoms with Crippen LogP contribution in [0, 0.1) is 0 Å². The molecule has 0 aromatic heterocycles. The Balaban J connectivity index is 2.41. The van der Waals surface area contributed by atoms with E-state index in [9.17, 15) is 4.57 Å². The molecule has 78 valence electrons. The quantitative estimate of drug-likeness (QED) is 0.691. The largest absolute Gasteiger partial charge is 0.285 e. The fourth-order valence-corrected chi connectivity index (χ4v) is 3.86. The standard InChI is InChI=1S/C10H8Cl2NOP/c11-9-6-7-13(15(12,14)8-9)10-4-2-1-3-5-10/h1-8H. The summed E-state index contributed by atoms with van der Waals surface area (Å²) in [7, 11) is 0. The molecular weight excluding hydrogens is 252 g/mol. The Hall–Kier alpha value is -0.690. The number of benzene rings is 1. The minimum atomic E-state index is -3.05. The average Bonchev–Trinajstić information content (AvgIpc) is 2.17. The highest BCUT2D eigenvalue weighted by Crippen LogP contribution is 2.60. The normalized spacial score (nSPS) is 25.2. The van der Waals surface area contributed by atoms with Crippen molar-refractivity contribution in [3.63, 3.8) is 0 Å². The molecule has 1 aromatic carbocycles. The zero-order chi connectivity index (χ0) is 10.9. The van der Waals surface area contributed by atoms with Crippen LogP contribution in [0.5, 0.6) is 0 Å². The summed E-state index contributed by atoms with van der Waals surface area (Å²) in [6.45, 7) is -3.05. The van der Waals surface area contributed by atoms with Crippen LogP contribution in [-0.2, 0) is 4.57 Å². The number of anilines is 1. The number of halogens is 2. The molecule has 0 fully saturated rings. The molecule has 0 radical (unpaired) electrons. The lowest BCUT2D eigenvalue weighted by atomic mass is 10.3. The maximum atomic E-state index is 12.1. The summed E-state index contributed by atoms with van der Waals surface area (Å²) in [4.78, 5) is 0. The maximum absolute atomic E-state index is 12.1. The van der Waals surface area contributed by atoms with Crippen molar-refractivity contribution in [2.45, 2.75) is 0 Å². The van der Waals surface area contributed by atoms with Gasteiger partial charge in [0, 0.05) is 22.7 Å². The Bertz CT molecular complexity index is 470. The summed E-state index contributed by atoms with van der Waals surface area (Å²) in [5, 5.41) is 0.403. The number of allylic oxidation sites excluding steroid dienone is 2. The van der Waals surface area contributed by atoms with Crippen LogP contribution in [-0.4, -0.2) is 0 Å². The van der Waals surface area contributed by atoms with E-state index in [-0.39, 0.29) is 0 Å². The molecule has 1 aliphatic heterocycles. The Morgan fingerprint density at radius 2 is 1.87 bits per heavy atom. The van der Waals surface area contributed by atoms with Crippen molar-refractivity contribution in [2.24, 2.45) is 0 Å². The number of hydrogen-bond donors (Lipinski definition) is 0. The summed E-state index contributed by atoms with van der Waals surface area (Å²) in [5.74, 6) is 1.38. The molecule has 1 heterocycles. The SMILES string of the molecule is O=P1(Cl)C=C(Cl)C=CN1c1ccccc1. The van der Waals surface area contributed by atoms with Gasteiger partial charge in [-0.3, -0.25) is 9.24 Å². The van der Waals surface area contributed by atoms with E-state index in [0.717, 1.165) is 5.69 Å². The number of rotatable bonds is 1. The average molecular weight is 260 g/mol. The van der Waals surface area contributed by atoms with E-state index in [4.69, 9.17) is 22.8 Å². The molecule has 0 amide bonds. The molecule has 0 aliphatic carbocycles. The summed E-state index contributed by atoms with van der Waals surface area (Å²) < 4.78 is 13.6. The molecule has 0 N–H and O–H groups in total. The first kappa shape index (κ1) is 10.8. The van der Waals surface area contributed by atoms with Gasteiger partial charge in [0.1, 0.15) is 0 Å². The van der Waals surface area contributed by atoms with Crippen LogP contribution in [0.3, 0.4) is 0 Å². The van der Waals surface area contributed by atoms with Gasteiger partial charge in [-0.2, -0.15) is 0 Å². The summed E-state index contributed by atoms with van der Waals surface area (Å²) in [5.41, 5.74) is 0.785. The third-order valence-electron chi connectivity index (χ3n) is 1.97. The second-order valence-electron chi connectivity index (χ2n) is 3.05. The Morgan fingerprint density at radius 1 is 1.20 bits per heavy atom.